The predicted octanol–water partition coefficient (Wildman–Crippen LogP) is 4.16. The molecular weight excluding hydrogens is 380 g/mol. The number of amides is 3. The molecule has 0 aliphatic carbocycles. The SMILES string of the molecule is COc1cc(C(=O)N2CCCN2C(=O)Nc2c(C)cccc2C)nc2ccccc12. The van der Waals surface area contributed by atoms with Gasteiger partial charge in [0.25, 0.3) is 5.91 Å². The molecule has 7 heteroatoms. The van der Waals surface area contributed by atoms with Gasteiger partial charge >= 0.3 is 6.03 Å². The number of pyridine rings is 1. The maximum absolute atomic E-state index is 13.2. The van der Waals surface area contributed by atoms with Crippen LogP contribution in [0.15, 0.2) is 48.5 Å². The van der Waals surface area contributed by atoms with E-state index in [0.29, 0.717) is 30.8 Å². The number of aromatic nitrogens is 1. The van der Waals surface area contributed by atoms with Crippen LogP contribution in [0.4, 0.5) is 10.5 Å². The van der Waals surface area contributed by atoms with Gasteiger partial charge in [0.15, 0.2) is 0 Å². The predicted molar refractivity (Wildman–Crippen MR) is 116 cm³/mol. The molecule has 1 aliphatic heterocycles. The van der Waals surface area contributed by atoms with E-state index in [-0.39, 0.29) is 17.6 Å². The summed E-state index contributed by atoms with van der Waals surface area (Å²) in [5, 5.41) is 6.71. The molecule has 3 amide bonds. The lowest BCUT2D eigenvalue weighted by molar-refractivity contribution is 0.0398. The van der Waals surface area contributed by atoms with Crippen LogP contribution in [0.5, 0.6) is 5.75 Å². The summed E-state index contributed by atoms with van der Waals surface area (Å²) in [5.74, 6) is 0.253. The smallest absolute Gasteiger partial charge is 0.340 e. The van der Waals surface area contributed by atoms with E-state index in [0.717, 1.165) is 22.2 Å². The van der Waals surface area contributed by atoms with Gasteiger partial charge in [0.2, 0.25) is 0 Å². The van der Waals surface area contributed by atoms with E-state index in [1.165, 1.54) is 10.0 Å². The number of fused-ring (bicyclic) bond motifs is 1. The number of hydrazine groups is 1. The van der Waals surface area contributed by atoms with Crippen molar-refractivity contribution >= 4 is 28.5 Å². The largest absolute Gasteiger partial charge is 0.496 e. The number of ether oxygens (including phenoxy) is 1. The van der Waals surface area contributed by atoms with Gasteiger partial charge in [0.1, 0.15) is 11.4 Å². The summed E-state index contributed by atoms with van der Waals surface area (Å²) in [6, 6.07) is 14.6. The topological polar surface area (TPSA) is 74.8 Å². The summed E-state index contributed by atoms with van der Waals surface area (Å²) in [7, 11) is 1.57. The van der Waals surface area contributed by atoms with Crippen LogP contribution in [0, 0.1) is 13.8 Å². The third-order valence-corrected chi connectivity index (χ3v) is 5.33. The van der Waals surface area contributed by atoms with Crippen LogP contribution in [0.1, 0.15) is 28.0 Å². The summed E-state index contributed by atoms with van der Waals surface area (Å²) < 4.78 is 5.46. The van der Waals surface area contributed by atoms with E-state index in [1.54, 1.807) is 13.2 Å². The first-order valence-electron chi connectivity index (χ1n) is 9.90. The number of aryl methyl sites for hydroxylation is 2. The molecule has 7 nitrogen and oxygen atoms in total. The number of anilines is 1. The van der Waals surface area contributed by atoms with Gasteiger partial charge < -0.3 is 10.1 Å². The number of hydrogen-bond acceptors (Lipinski definition) is 4. The summed E-state index contributed by atoms with van der Waals surface area (Å²) in [5.41, 5.74) is 3.64. The summed E-state index contributed by atoms with van der Waals surface area (Å²) >= 11 is 0. The minimum absolute atomic E-state index is 0.248. The molecule has 0 atom stereocenters. The van der Waals surface area contributed by atoms with Gasteiger partial charge in [-0.3, -0.25) is 4.79 Å². The minimum atomic E-state index is -0.328. The highest BCUT2D eigenvalue weighted by Crippen LogP contribution is 2.27. The van der Waals surface area contributed by atoms with Crippen molar-refractivity contribution in [2.45, 2.75) is 20.3 Å². The fraction of sp³-hybridized carbons (Fsp3) is 0.261. The second-order valence-corrected chi connectivity index (χ2v) is 7.33. The van der Waals surface area contributed by atoms with E-state index < -0.39 is 0 Å². The first-order valence-corrected chi connectivity index (χ1v) is 9.90. The highest BCUT2D eigenvalue weighted by atomic mass is 16.5. The monoisotopic (exact) mass is 404 g/mol. The second-order valence-electron chi connectivity index (χ2n) is 7.33. The van der Waals surface area contributed by atoms with Crippen LogP contribution in [0.2, 0.25) is 0 Å². The van der Waals surface area contributed by atoms with Crippen molar-refractivity contribution in [3.05, 3.63) is 65.4 Å². The van der Waals surface area contributed by atoms with Crippen molar-refractivity contribution in [3.63, 3.8) is 0 Å². The van der Waals surface area contributed by atoms with Crippen LogP contribution in [-0.2, 0) is 0 Å². The van der Waals surface area contributed by atoms with Crippen LogP contribution < -0.4 is 10.1 Å². The molecule has 1 saturated heterocycles. The Morgan fingerprint density at radius 3 is 2.43 bits per heavy atom. The van der Waals surface area contributed by atoms with Crippen LogP contribution in [0.25, 0.3) is 10.9 Å². The van der Waals surface area contributed by atoms with E-state index in [1.807, 2.05) is 56.3 Å². The Morgan fingerprint density at radius 2 is 1.70 bits per heavy atom. The number of urea groups is 1. The van der Waals surface area contributed by atoms with Gasteiger partial charge in [-0.1, -0.05) is 30.3 Å². The van der Waals surface area contributed by atoms with Gasteiger partial charge in [0.05, 0.1) is 12.6 Å². The lowest BCUT2D eigenvalue weighted by Gasteiger charge is -2.28. The lowest BCUT2D eigenvalue weighted by atomic mass is 10.1. The molecular formula is C23H24N4O3. The Hall–Kier alpha value is -3.61. The number of carbonyl (C=O) groups excluding carboxylic acids is 2. The molecule has 0 spiro atoms. The van der Waals surface area contributed by atoms with E-state index in [9.17, 15) is 9.59 Å². The molecule has 3 aromatic rings. The average molecular weight is 404 g/mol. The summed E-state index contributed by atoms with van der Waals surface area (Å²) in [6.07, 6.45) is 0.705. The Labute approximate surface area is 175 Å². The number of rotatable bonds is 3. The van der Waals surface area contributed by atoms with E-state index in [2.05, 4.69) is 10.3 Å². The quantitative estimate of drug-likeness (QED) is 0.711. The molecule has 2 aromatic carbocycles. The third-order valence-electron chi connectivity index (χ3n) is 5.33. The van der Waals surface area contributed by atoms with Gasteiger partial charge in [-0.05, 0) is 43.5 Å². The molecule has 0 unspecified atom stereocenters. The number of para-hydroxylation sites is 2. The average Bonchev–Trinajstić information content (AvgIpc) is 3.25. The number of benzene rings is 2. The molecule has 0 bridgehead atoms. The Balaban J connectivity index is 1.61. The first-order chi connectivity index (χ1) is 14.5. The molecule has 1 N–H and O–H groups in total. The fourth-order valence-electron chi connectivity index (χ4n) is 3.77. The first kappa shape index (κ1) is 19.7. The maximum Gasteiger partial charge on any atom is 0.340 e. The Kier molecular flexibility index (Phi) is 5.27. The maximum atomic E-state index is 13.2. The molecule has 1 aromatic heterocycles. The van der Waals surface area contributed by atoms with Crippen LogP contribution in [0.3, 0.4) is 0 Å². The molecule has 1 aliphatic rings. The van der Waals surface area contributed by atoms with Crippen molar-refractivity contribution in [3.8, 4) is 5.75 Å². The van der Waals surface area contributed by atoms with Gasteiger partial charge in [-0.25, -0.2) is 19.8 Å². The normalized spacial score (nSPS) is 13.6. The zero-order chi connectivity index (χ0) is 21.3. The molecule has 30 heavy (non-hydrogen) atoms. The van der Waals surface area contributed by atoms with Crippen LogP contribution in [-0.4, -0.2) is 47.1 Å². The Bertz CT molecular complexity index is 1110. The highest BCUT2D eigenvalue weighted by Gasteiger charge is 2.32. The highest BCUT2D eigenvalue weighted by molar-refractivity contribution is 5.99. The summed E-state index contributed by atoms with van der Waals surface area (Å²) in [4.78, 5) is 30.7. The van der Waals surface area contributed by atoms with Gasteiger partial charge in [-0.2, -0.15) is 0 Å². The molecule has 0 radical (unpaired) electrons. The number of hydrogen-bond donors (Lipinski definition) is 1. The lowest BCUT2D eigenvalue weighted by Crippen LogP contribution is -2.47. The zero-order valence-electron chi connectivity index (χ0n) is 17.3. The van der Waals surface area contributed by atoms with Gasteiger partial charge in [0, 0.05) is 30.2 Å². The van der Waals surface area contributed by atoms with Crippen LogP contribution >= 0.6 is 0 Å². The van der Waals surface area contributed by atoms with E-state index >= 15 is 0 Å². The standard InChI is InChI=1S/C23H24N4O3/c1-15-8-6-9-16(2)21(15)25-23(29)27-13-7-12-26(27)22(28)19-14-20(30-3)17-10-4-5-11-18(17)24-19/h4-6,8-11,14H,7,12-13H2,1-3H3,(H,25,29). The third kappa shape index (κ3) is 3.54. The van der Waals surface area contributed by atoms with Gasteiger partial charge in [-0.15, -0.1) is 0 Å². The van der Waals surface area contributed by atoms with Crippen molar-refractivity contribution in [2.75, 3.05) is 25.5 Å². The number of methoxy groups -OCH3 is 1. The van der Waals surface area contributed by atoms with Crippen molar-refractivity contribution in [1.82, 2.24) is 15.0 Å². The zero-order valence-corrected chi connectivity index (χ0v) is 17.3. The minimum Gasteiger partial charge on any atom is -0.496 e. The molecule has 0 saturated carbocycles. The van der Waals surface area contributed by atoms with Crippen molar-refractivity contribution in [2.24, 2.45) is 0 Å². The van der Waals surface area contributed by atoms with Crippen molar-refractivity contribution in [1.29, 1.82) is 0 Å². The van der Waals surface area contributed by atoms with Crippen molar-refractivity contribution < 1.29 is 14.3 Å². The molecule has 4 rings (SSSR count). The summed E-state index contributed by atoms with van der Waals surface area (Å²) in [6.45, 7) is 4.81. The fourth-order valence-corrected chi connectivity index (χ4v) is 3.77. The molecule has 1 fully saturated rings. The Morgan fingerprint density at radius 1 is 1.00 bits per heavy atom. The number of nitrogens with one attached hydrogen (secondary N) is 1. The molecule has 2 heterocycles. The molecule has 154 valence electrons. The number of nitrogens with zero attached hydrogens (tertiary/aromatic N) is 3. The van der Waals surface area contributed by atoms with E-state index in [4.69, 9.17) is 4.74 Å². The number of carbonyl (C=O) groups is 2. The second kappa shape index (κ2) is 8.02.